The molecule has 0 heterocycles. The summed E-state index contributed by atoms with van der Waals surface area (Å²) in [5.74, 6) is 1.33. The van der Waals surface area contributed by atoms with Crippen molar-refractivity contribution in [1.82, 2.24) is 16.0 Å². The SMILES string of the molecule is CCC1(CNC(=NC)NCCNC(=O)C2CC2)CCCC1.I. The van der Waals surface area contributed by atoms with Crippen molar-refractivity contribution in [2.24, 2.45) is 16.3 Å². The van der Waals surface area contributed by atoms with Gasteiger partial charge in [0.2, 0.25) is 5.91 Å². The number of nitrogens with one attached hydrogen (secondary N) is 3. The van der Waals surface area contributed by atoms with Gasteiger partial charge in [-0.2, -0.15) is 0 Å². The third kappa shape index (κ3) is 5.93. The number of hydrogen-bond acceptors (Lipinski definition) is 2. The number of carbonyl (C=O) groups is 1. The molecule has 5 nitrogen and oxygen atoms in total. The number of carbonyl (C=O) groups excluding carboxylic acids is 1. The van der Waals surface area contributed by atoms with Crippen LogP contribution in [0.1, 0.15) is 51.9 Å². The van der Waals surface area contributed by atoms with E-state index in [1.807, 2.05) is 0 Å². The minimum Gasteiger partial charge on any atom is -0.356 e. The molecule has 22 heavy (non-hydrogen) atoms. The number of hydrogen-bond donors (Lipinski definition) is 3. The second-order valence-corrected chi connectivity index (χ2v) is 6.48. The van der Waals surface area contributed by atoms with Gasteiger partial charge < -0.3 is 16.0 Å². The molecule has 0 aromatic heterocycles. The summed E-state index contributed by atoms with van der Waals surface area (Å²) in [5, 5.41) is 9.68. The fourth-order valence-electron chi connectivity index (χ4n) is 3.13. The highest BCUT2D eigenvalue weighted by Crippen LogP contribution is 2.40. The smallest absolute Gasteiger partial charge is 0.223 e. The first-order valence-electron chi connectivity index (χ1n) is 8.41. The molecule has 2 fully saturated rings. The van der Waals surface area contributed by atoms with Gasteiger partial charge in [0, 0.05) is 32.6 Å². The van der Waals surface area contributed by atoms with E-state index in [0.29, 0.717) is 12.0 Å². The highest BCUT2D eigenvalue weighted by atomic mass is 127. The maximum Gasteiger partial charge on any atom is 0.223 e. The number of guanidine groups is 1. The zero-order valence-electron chi connectivity index (χ0n) is 13.9. The zero-order valence-corrected chi connectivity index (χ0v) is 16.2. The van der Waals surface area contributed by atoms with Crippen LogP contribution in [0.2, 0.25) is 0 Å². The average Bonchev–Trinajstić information content (AvgIpc) is 3.26. The topological polar surface area (TPSA) is 65.5 Å². The maximum atomic E-state index is 11.5. The Morgan fingerprint density at radius 3 is 2.32 bits per heavy atom. The van der Waals surface area contributed by atoms with Crippen LogP contribution in [-0.4, -0.2) is 38.5 Å². The summed E-state index contributed by atoms with van der Waals surface area (Å²) >= 11 is 0. The Balaban J connectivity index is 0.00000242. The van der Waals surface area contributed by atoms with E-state index < -0.39 is 0 Å². The first-order chi connectivity index (χ1) is 10.2. The largest absolute Gasteiger partial charge is 0.356 e. The van der Waals surface area contributed by atoms with E-state index >= 15 is 0 Å². The molecule has 128 valence electrons. The molecule has 2 saturated carbocycles. The Morgan fingerprint density at radius 2 is 1.77 bits per heavy atom. The molecule has 2 rings (SSSR count). The Labute approximate surface area is 151 Å². The standard InChI is InChI=1S/C16H30N4O.HI/c1-3-16(8-4-5-9-16)12-20-15(17-2)19-11-10-18-14(21)13-6-7-13;/h13H,3-12H2,1-2H3,(H,18,21)(H2,17,19,20);1H. The summed E-state index contributed by atoms with van der Waals surface area (Å²) in [5.41, 5.74) is 0.456. The lowest BCUT2D eigenvalue weighted by molar-refractivity contribution is -0.122. The van der Waals surface area contributed by atoms with Crippen LogP contribution in [0.5, 0.6) is 0 Å². The van der Waals surface area contributed by atoms with E-state index in [1.54, 1.807) is 7.05 Å². The molecule has 1 amide bonds. The van der Waals surface area contributed by atoms with Crippen molar-refractivity contribution in [3.05, 3.63) is 0 Å². The van der Waals surface area contributed by atoms with Gasteiger partial charge in [-0.1, -0.05) is 19.8 Å². The molecule has 0 aliphatic heterocycles. The van der Waals surface area contributed by atoms with Crippen LogP contribution in [0.25, 0.3) is 0 Å². The van der Waals surface area contributed by atoms with Gasteiger partial charge in [0.15, 0.2) is 5.96 Å². The number of amides is 1. The van der Waals surface area contributed by atoms with Crippen LogP contribution >= 0.6 is 24.0 Å². The van der Waals surface area contributed by atoms with Crippen molar-refractivity contribution in [2.45, 2.75) is 51.9 Å². The van der Waals surface area contributed by atoms with Crippen LogP contribution in [0, 0.1) is 11.3 Å². The van der Waals surface area contributed by atoms with E-state index in [2.05, 4.69) is 27.9 Å². The summed E-state index contributed by atoms with van der Waals surface area (Å²) < 4.78 is 0. The maximum absolute atomic E-state index is 11.5. The summed E-state index contributed by atoms with van der Waals surface area (Å²) in [6.45, 7) is 4.67. The van der Waals surface area contributed by atoms with Crippen molar-refractivity contribution < 1.29 is 4.79 Å². The number of nitrogens with zero attached hydrogens (tertiary/aromatic N) is 1. The van der Waals surface area contributed by atoms with Crippen LogP contribution < -0.4 is 16.0 Å². The molecule has 0 bridgehead atoms. The molecule has 2 aliphatic carbocycles. The Kier molecular flexibility index (Phi) is 8.49. The zero-order chi connectivity index (χ0) is 15.1. The lowest BCUT2D eigenvalue weighted by atomic mass is 9.83. The molecular weight excluding hydrogens is 391 g/mol. The van der Waals surface area contributed by atoms with Crippen molar-refractivity contribution in [3.63, 3.8) is 0 Å². The highest BCUT2D eigenvalue weighted by Gasteiger charge is 2.32. The monoisotopic (exact) mass is 422 g/mol. The van der Waals surface area contributed by atoms with E-state index in [9.17, 15) is 4.79 Å². The molecule has 0 atom stereocenters. The van der Waals surface area contributed by atoms with Crippen LogP contribution in [0.15, 0.2) is 4.99 Å². The molecule has 6 heteroatoms. The van der Waals surface area contributed by atoms with Gasteiger partial charge >= 0.3 is 0 Å². The summed E-state index contributed by atoms with van der Waals surface area (Å²) in [6, 6.07) is 0. The third-order valence-corrected chi connectivity index (χ3v) is 4.93. The Morgan fingerprint density at radius 1 is 1.14 bits per heavy atom. The van der Waals surface area contributed by atoms with Gasteiger partial charge in [-0.25, -0.2) is 0 Å². The summed E-state index contributed by atoms with van der Waals surface area (Å²) in [4.78, 5) is 15.8. The van der Waals surface area contributed by atoms with Crippen molar-refractivity contribution in [3.8, 4) is 0 Å². The van der Waals surface area contributed by atoms with Crippen molar-refractivity contribution in [1.29, 1.82) is 0 Å². The predicted molar refractivity (Wildman–Crippen MR) is 102 cm³/mol. The number of halogens is 1. The highest BCUT2D eigenvalue weighted by molar-refractivity contribution is 14.0. The van der Waals surface area contributed by atoms with Crippen LogP contribution in [-0.2, 0) is 4.79 Å². The van der Waals surface area contributed by atoms with Gasteiger partial charge in [-0.15, -0.1) is 24.0 Å². The van der Waals surface area contributed by atoms with Crippen LogP contribution in [0.3, 0.4) is 0 Å². The van der Waals surface area contributed by atoms with Gasteiger partial charge in [-0.05, 0) is 37.5 Å². The van der Waals surface area contributed by atoms with E-state index in [-0.39, 0.29) is 35.8 Å². The Hall–Kier alpha value is -0.530. The summed E-state index contributed by atoms with van der Waals surface area (Å²) in [6.07, 6.45) is 8.71. The van der Waals surface area contributed by atoms with E-state index in [1.165, 1.54) is 32.1 Å². The van der Waals surface area contributed by atoms with E-state index in [0.717, 1.165) is 31.9 Å². The normalized spacial score (nSPS) is 20.2. The molecule has 0 aromatic carbocycles. The van der Waals surface area contributed by atoms with E-state index in [4.69, 9.17) is 0 Å². The quantitative estimate of drug-likeness (QED) is 0.255. The third-order valence-electron chi connectivity index (χ3n) is 4.93. The molecule has 0 unspecified atom stereocenters. The second kappa shape index (κ2) is 9.57. The molecule has 3 N–H and O–H groups in total. The predicted octanol–water partition coefficient (Wildman–Crippen LogP) is 2.27. The molecule has 0 saturated heterocycles. The lowest BCUT2D eigenvalue weighted by Crippen LogP contribution is -2.45. The fraction of sp³-hybridized carbons (Fsp3) is 0.875. The van der Waals surface area contributed by atoms with Gasteiger partial charge in [0.05, 0.1) is 0 Å². The number of aliphatic imine (C=N–C) groups is 1. The van der Waals surface area contributed by atoms with Gasteiger partial charge in [-0.3, -0.25) is 9.79 Å². The van der Waals surface area contributed by atoms with Crippen molar-refractivity contribution >= 4 is 35.8 Å². The lowest BCUT2D eigenvalue weighted by Gasteiger charge is -2.28. The van der Waals surface area contributed by atoms with Gasteiger partial charge in [0.25, 0.3) is 0 Å². The second-order valence-electron chi connectivity index (χ2n) is 6.48. The van der Waals surface area contributed by atoms with Crippen LogP contribution in [0.4, 0.5) is 0 Å². The average molecular weight is 422 g/mol. The van der Waals surface area contributed by atoms with Crippen molar-refractivity contribution in [2.75, 3.05) is 26.7 Å². The fourth-order valence-corrected chi connectivity index (χ4v) is 3.13. The van der Waals surface area contributed by atoms with Gasteiger partial charge in [0.1, 0.15) is 0 Å². The molecule has 0 aromatic rings. The molecule has 2 aliphatic rings. The summed E-state index contributed by atoms with van der Waals surface area (Å²) in [7, 11) is 1.80. The minimum atomic E-state index is 0. The number of rotatable bonds is 7. The molecule has 0 spiro atoms. The molecular formula is C16H31IN4O. The minimum absolute atomic E-state index is 0. The molecule has 0 radical (unpaired) electrons. The Bertz CT molecular complexity index is 376. The first kappa shape index (κ1) is 19.5. The first-order valence-corrected chi connectivity index (χ1v) is 8.41.